The van der Waals surface area contributed by atoms with Crippen LogP contribution in [0.5, 0.6) is 0 Å². The van der Waals surface area contributed by atoms with Crippen molar-refractivity contribution in [3.8, 4) is 28.5 Å². The van der Waals surface area contributed by atoms with Crippen molar-refractivity contribution in [2.45, 2.75) is 32.9 Å². The number of fused-ring (bicyclic) bond motifs is 2. The van der Waals surface area contributed by atoms with E-state index in [1.807, 2.05) is 42.5 Å². The fourth-order valence-electron chi connectivity index (χ4n) is 4.60. The second-order valence-electron chi connectivity index (χ2n) is 10.1. The predicted molar refractivity (Wildman–Crippen MR) is 150 cm³/mol. The van der Waals surface area contributed by atoms with Crippen molar-refractivity contribution in [3.05, 3.63) is 81.4 Å². The number of amides is 1. The number of nitrogens with one attached hydrogen (secondary N) is 2. The first-order valence-corrected chi connectivity index (χ1v) is 12.6. The number of alkyl carbamates (subject to hydrolysis) is 1. The van der Waals surface area contributed by atoms with Crippen LogP contribution in [0.2, 0.25) is 5.02 Å². The number of aromatic amines is 1. The van der Waals surface area contributed by atoms with Crippen molar-refractivity contribution >= 4 is 39.2 Å². The average Bonchev–Trinajstić information content (AvgIpc) is 3.27. The Labute approximate surface area is 229 Å². The zero-order valence-corrected chi connectivity index (χ0v) is 22.6. The Morgan fingerprint density at radius 1 is 1.15 bits per heavy atom. The molecule has 10 heteroatoms. The molecule has 9 nitrogen and oxygen atoms in total. The van der Waals surface area contributed by atoms with Crippen LogP contribution in [-0.2, 0) is 18.3 Å². The van der Waals surface area contributed by atoms with Crippen LogP contribution in [0.25, 0.3) is 43.9 Å². The number of halogens is 1. The summed E-state index contributed by atoms with van der Waals surface area (Å²) in [6.07, 6.45) is 1.10. The maximum absolute atomic E-state index is 12.5. The Morgan fingerprint density at radius 2 is 1.92 bits per heavy atom. The lowest BCUT2D eigenvalue weighted by atomic mass is 9.93. The van der Waals surface area contributed by atoms with Gasteiger partial charge in [0.1, 0.15) is 11.7 Å². The third kappa shape index (κ3) is 4.94. The standard InChI is InChI=1S/C29H25ClN6O3/c1-29(2,3)39-28(38)32-15-24-20-11-17(9-10-19(20)27(37)35-34-24)22-14-33-36(4)26(22)25-21(13-31)18-8-6-5-7-16(18)12-23(25)30/h5-12,14H,15H2,1-4H3,(H,32,38)(H,35,37). The molecule has 196 valence electrons. The lowest BCUT2D eigenvalue weighted by Crippen LogP contribution is -2.32. The van der Waals surface area contributed by atoms with Gasteiger partial charge in [-0.1, -0.05) is 41.9 Å². The van der Waals surface area contributed by atoms with Gasteiger partial charge in [-0.2, -0.15) is 15.5 Å². The Bertz CT molecular complexity index is 1860. The molecule has 2 heterocycles. The number of benzene rings is 3. The lowest BCUT2D eigenvalue weighted by molar-refractivity contribution is 0.0523. The zero-order chi connectivity index (χ0) is 27.9. The highest BCUT2D eigenvalue weighted by Gasteiger charge is 2.22. The predicted octanol–water partition coefficient (Wildman–Crippen LogP) is 5.69. The number of aryl methyl sites for hydroxylation is 1. The summed E-state index contributed by atoms with van der Waals surface area (Å²) >= 11 is 6.77. The van der Waals surface area contributed by atoms with Crippen molar-refractivity contribution in [1.29, 1.82) is 5.26 Å². The average molecular weight is 541 g/mol. The summed E-state index contributed by atoms with van der Waals surface area (Å²) in [7, 11) is 1.79. The number of nitriles is 1. The third-order valence-corrected chi connectivity index (χ3v) is 6.56. The normalized spacial score (nSPS) is 11.5. The van der Waals surface area contributed by atoms with Crippen LogP contribution in [0.3, 0.4) is 0 Å². The number of rotatable bonds is 4. The quantitative estimate of drug-likeness (QED) is 0.301. The second-order valence-corrected chi connectivity index (χ2v) is 10.5. The van der Waals surface area contributed by atoms with Gasteiger partial charge in [0, 0.05) is 28.9 Å². The van der Waals surface area contributed by atoms with Crippen molar-refractivity contribution in [3.63, 3.8) is 0 Å². The van der Waals surface area contributed by atoms with Crippen LogP contribution in [0.15, 0.2) is 59.5 Å². The topological polar surface area (TPSA) is 126 Å². The number of hydrogen-bond donors (Lipinski definition) is 2. The van der Waals surface area contributed by atoms with Gasteiger partial charge in [-0.05, 0) is 49.9 Å². The van der Waals surface area contributed by atoms with Gasteiger partial charge in [0.25, 0.3) is 5.56 Å². The molecule has 0 spiro atoms. The Kier molecular flexibility index (Phi) is 6.58. The summed E-state index contributed by atoms with van der Waals surface area (Å²) in [6, 6.07) is 17.1. The zero-order valence-electron chi connectivity index (χ0n) is 21.8. The number of carbonyl (C=O) groups excluding carboxylic acids is 1. The molecule has 2 aromatic heterocycles. The largest absolute Gasteiger partial charge is 0.444 e. The number of carbonyl (C=O) groups is 1. The smallest absolute Gasteiger partial charge is 0.407 e. The molecular weight excluding hydrogens is 516 g/mol. The molecule has 0 fully saturated rings. The van der Waals surface area contributed by atoms with E-state index < -0.39 is 11.7 Å². The number of ether oxygens (including phenoxy) is 1. The van der Waals surface area contributed by atoms with Crippen LogP contribution in [-0.4, -0.2) is 31.7 Å². The number of hydrogen-bond acceptors (Lipinski definition) is 6. The van der Waals surface area contributed by atoms with Crippen LogP contribution in [0, 0.1) is 11.3 Å². The van der Waals surface area contributed by atoms with Crippen molar-refractivity contribution in [2.75, 3.05) is 0 Å². The Morgan fingerprint density at radius 3 is 2.67 bits per heavy atom. The van der Waals surface area contributed by atoms with E-state index in [-0.39, 0.29) is 12.1 Å². The molecule has 0 atom stereocenters. The van der Waals surface area contributed by atoms with Gasteiger partial charge >= 0.3 is 6.09 Å². The van der Waals surface area contributed by atoms with Gasteiger partial charge in [0.2, 0.25) is 0 Å². The van der Waals surface area contributed by atoms with Gasteiger partial charge in [-0.25, -0.2) is 9.89 Å². The molecular formula is C29H25ClN6O3. The maximum atomic E-state index is 12.5. The molecule has 0 unspecified atom stereocenters. The number of H-pyrrole nitrogens is 1. The second kappa shape index (κ2) is 9.89. The molecule has 5 rings (SSSR count). The summed E-state index contributed by atoms with van der Waals surface area (Å²) in [5.41, 5.74) is 2.60. The molecule has 3 aromatic carbocycles. The van der Waals surface area contributed by atoms with Crippen molar-refractivity contribution < 1.29 is 9.53 Å². The first-order valence-electron chi connectivity index (χ1n) is 12.2. The molecule has 5 aromatic rings. The summed E-state index contributed by atoms with van der Waals surface area (Å²) in [5, 5.41) is 27.0. The van der Waals surface area contributed by atoms with Crippen LogP contribution >= 0.6 is 11.6 Å². The van der Waals surface area contributed by atoms with E-state index >= 15 is 0 Å². The molecule has 0 aliphatic rings. The molecule has 0 aliphatic carbocycles. The minimum atomic E-state index is -0.652. The fraction of sp³-hybridized carbons (Fsp3) is 0.207. The first-order chi connectivity index (χ1) is 18.6. The van der Waals surface area contributed by atoms with E-state index in [2.05, 4.69) is 26.7 Å². The van der Waals surface area contributed by atoms with E-state index in [4.69, 9.17) is 16.3 Å². The Hall–Kier alpha value is -4.68. The van der Waals surface area contributed by atoms with Crippen LogP contribution in [0.1, 0.15) is 32.0 Å². The SMILES string of the molecule is Cn1ncc(-c2ccc3c(=O)[nH]nc(CNC(=O)OC(C)(C)C)c3c2)c1-c1c(Cl)cc2ccccc2c1C#N. The maximum Gasteiger partial charge on any atom is 0.407 e. The number of aromatic nitrogens is 4. The van der Waals surface area contributed by atoms with Crippen LogP contribution < -0.4 is 10.9 Å². The third-order valence-electron chi connectivity index (χ3n) is 6.27. The van der Waals surface area contributed by atoms with E-state index in [0.29, 0.717) is 38.3 Å². The highest BCUT2D eigenvalue weighted by atomic mass is 35.5. The summed E-state index contributed by atoms with van der Waals surface area (Å²) in [6.45, 7) is 5.37. The first kappa shape index (κ1) is 25.9. The summed E-state index contributed by atoms with van der Waals surface area (Å²) < 4.78 is 7.00. The molecule has 1 amide bonds. The molecule has 0 bridgehead atoms. The highest BCUT2D eigenvalue weighted by Crippen LogP contribution is 2.41. The van der Waals surface area contributed by atoms with Crippen molar-refractivity contribution in [2.24, 2.45) is 7.05 Å². The molecule has 2 N–H and O–H groups in total. The van der Waals surface area contributed by atoms with Gasteiger partial charge in [-0.15, -0.1) is 0 Å². The van der Waals surface area contributed by atoms with E-state index in [1.54, 1.807) is 44.8 Å². The fourth-order valence-corrected chi connectivity index (χ4v) is 4.90. The minimum Gasteiger partial charge on any atom is -0.444 e. The van der Waals surface area contributed by atoms with Crippen LogP contribution in [0.4, 0.5) is 4.79 Å². The highest BCUT2D eigenvalue weighted by molar-refractivity contribution is 6.35. The van der Waals surface area contributed by atoms with Crippen molar-refractivity contribution in [1.82, 2.24) is 25.3 Å². The van der Waals surface area contributed by atoms with Gasteiger partial charge < -0.3 is 10.1 Å². The molecule has 0 radical (unpaired) electrons. The lowest BCUT2D eigenvalue weighted by Gasteiger charge is -2.19. The van der Waals surface area contributed by atoms with E-state index in [9.17, 15) is 14.9 Å². The van der Waals surface area contributed by atoms with Gasteiger partial charge in [-0.3, -0.25) is 9.48 Å². The minimum absolute atomic E-state index is 0.0423. The molecule has 0 saturated carbocycles. The number of nitrogens with zero attached hydrogens (tertiary/aromatic N) is 4. The van der Waals surface area contributed by atoms with Gasteiger partial charge in [0.15, 0.2) is 0 Å². The monoisotopic (exact) mass is 540 g/mol. The van der Waals surface area contributed by atoms with E-state index in [1.165, 1.54) is 0 Å². The summed E-state index contributed by atoms with van der Waals surface area (Å²) in [5.74, 6) is 0. The molecule has 0 saturated heterocycles. The van der Waals surface area contributed by atoms with E-state index in [0.717, 1.165) is 21.9 Å². The Balaban J connectivity index is 1.64. The molecule has 39 heavy (non-hydrogen) atoms. The van der Waals surface area contributed by atoms with Gasteiger partial charge in [0.05, 0.1) is 40.1 Å². The molecule has 0 aliphatic heterocycles. The summed E-state index contributed by atoms with van der Waals surface area (Å²) in [4.78, 5) is 24.8.